The SMILES string of the molecule is COc1ccc(/C(C)=N\NC(=O)c2n[nH]c(=O)c3ccccc23)cc1F. The van der Waals surface area contributed by atoms with E-state index in [0.717, 1.165) is 0 Å². The number of aromatic nitrogens is 2. The molecule has 0 aliphatic carbocycles. The predicted octanol–water partition coefficient (Wildman–Crippen LogP) is 2.22. The van der Waals surface area contributed by atoms with Gasteiger partial charge in [0.1, 0.15) is 0 Å². The van der Waals surface area contributed by atoms with Crippen LogP contribution >= 0.6 is 0 Å². The number of nitrogens with zero attached hydrogens (tertiary/aromatic N) is 2. The van der Waals surface area contributed by atoms with E-state index in [-0.39, 0.29) is 17.0 Å². The molecule has 3 rings (SSSR count). The van der Waals surface area contributed by atoms with Gasteiger partial charge in [-0.2, -0.15) is 10.2 Å². The second-order valence-electron chi connectivity index (χ2n) is 5.43. The first-order valence-electron chi connectivity index (χ1n) is 7.67. The fourth-order valence-corrected chi connectivity index (χ4v) is 2.43. The molecule has 2 N–H and O–H groups in total. The fourth-order valence-electron chi connectivity index (χ4n) is 2.43. The van der Waals surface area contributed by atoms with Crippen LogP contribution in [0.4, 0.5) is 4.39 Å². The fraction of sp³-hybridized carbons (Fsp3) is 0.111. The van der Waals surface area contributed by atoms with E-state index < -0.39 is 11.7 Å². The summed E-state index contributed by atoms with van der Waals surface area (Å²) < 4.78 is 18.6. The van der Waals surface area contributed by atoms with Crippen LogP contribution in [0.1, 0.15) is 23.0 Å². The van der Waals surface area contributed by atoms with E-state index in [4.69, 9.17) is 4.74 Å². The molecule has 3 aromatic rings. The maximum atomic E-state index is 13.8. The Balaban J connectivity index is 1.87. The lowest BCUT2D eigenvalue weighted by molar-refractivity contribution is 0.0950. The molecule has 2 aromatic carbocycles. The van der Waals surface area contributed by atoms with Crippen LogP contribution in [0.3, 0.4) is 0 Å². The third-order valence-corrected chi connectivity index (χ3v) is 3.81. The Bertz CT molecular complexity index is 1080. The minimum absolute atomic E-state index is 0.0395. The van der Waals surface area contributed by atoms with Crippen molar-refractivity contribution in [2.45, 2.75) is 6.92 Å². The molecule has 0 fully saturated rings. The number of carbonyl (C=O) groups is 1. The molecule has 1 heterocycles. The molecule has 0 atom stereocenters. The number of amides is 1. The summed E-state index contributed by atoms with van der Waals surface area (Å²) in [5.41, 5.74) is 2.91. The lowest BCUT2D eigenvalue weighted by Gasteiger charge is -2.06. The van der Waals surface area contributed by atoms with Crippen LogP contribution in [0.25, 0.3) is 10.8 Å². The smallest absolute Gasteiger partial charge is 0.292 e. The maximum absolute atomic E-state index is 13.8. The number of rotatable bonds is 4. The molecule has 26 heavy (non-hydrogen) atoms. The summed E-state index contributed by atoms with van der Waals surface area (Å²) in [5, 5.41) is 10.8. The van der Waals surface area contributed by atoms with E-state index in [1.165, 1.54) is 19.2 Å². The second-order valence-corrected chi connectivity index (χ2v) is 5.43. The third kappa shape index (κ3) is 3.30. The van der Waals surface area contributed by atoms with Crippen LogP contribution in [0.2, 0.25) is 0 Å². The molecule has 0 radical (unpaired) electrons. The number of benzene rings is 2. The molecule has 0 unspecified atom stereocenters. The van der Waals surface area contributed by atoms with Gasteiger partial charge in [0, 0.05) is 10.9 Å². The predicted molar refractivity (Wildman–Crippen MR) is 95.0 cm³/mol. The standard InChI is InChI=1S/C18H15FN4O3/c1-10(11-7-8-15(26-2)14(19)9-11)20-23-18(25)16-12-5-3-4-6-13(12)17(24)22-21-16/h3-9H,1-2H3,(H,22,24)(H,23,25)/b20-10-. The number of hydrogen-bond donors (Lipinski definition) is 2. The largest absolute Gasteiger partial charge is 0.494 e. The van der Waals surface area contributed by atoms with Crippen LogP contribution < -0.4 is 15.7 Å². The molecule has 8 heteroatoms. The summed E-state index contributed by atoms with van der Waals surface area (Å²) in [4.78, 5) is 24.1. The summed E-state index contributed by atoms with van der Waals surface area (Å²) in [5.74, 6) is -1.00. The lowest BCUT2D eigenvalue weighted by atomic mass is 10.1. The van der Waals surface area contributed by atoms with Gasteiger partial charge >= 0.3 is 0 Å². The summed E-state index contributed by atoms with van der Waals surface area (Å²) in [6.45, 7) is 1.62. The molecule has 0 aliphatic rings. The van der Waals surface area contributed by atoms with E-state index in [1.54, 1.807) is 37.3 Å². The van der Waals surface area contributed by atoms with Crippen LogP contribution in [0.5, 0.6) is 5.75 Å². The topological polar surface area (TPSA) is 96.4 Å². The molecule has 0 saturated heterocycles. The summed E-state index contributed by atoms with van der Waals surface area (Å²) in [7, 11) is 1.38. The number of methoxy groups -OCH3 is 1. The van der Waals surface area contributed by atoms with Gasteiger partial charge in [-0.3, -0.25) is 9.59 Å². The molecule has 0 saturated carbocycles. The highest BCUT2D eigenvalue weighted by atomic mass is 19.1. The maximum Gasteiger partial charge on any atom is 0.292 e. The van der Waals surface area contributed by atoms with Crippen molar-refractivity contribution in [3.05, 3.63) is 69.9 Å². The number of halogens is 1. The van der Waals surface area contributed by atoms with E-state index in [9.17, 15) is 14.0 Å². The van der Waals surface area contributed by atoms with Gasteiger partial charge in [-0.1, -0.05) is 18.2 Å². The van der Waals surface area contributed by atoms with Gasteiger partial charge in [0.15, 0.2) is 17.3 Å². The first-order valence-corrected chi connectivity index (χ1v) is 7.67. The van der Waals surface area contributed by atoms with Crippen molar-refractivity contribution in [2.24, 2.45) is 5.10 Å². The third-order valence-electron chi connectivity index (χ3n) is 3.81. The van der Waals surface area contributed by atoms with E-state index in [0.29, 0.717) is 22.0 Å². The molecule has 132 valence electrons. The molecule has 0 bridgehead atoms. The van der Waals surface area contributed by atoms with E-state index in [2.05, 4.69) is 20.7 Å². The summed E-state index contributed by atoms with van der Waals surface area (Å²) in [6, 6.07) is 11.0. The second kappa shape index (κ2) is 7.14. The Morgan fingerprint density at radius 2 is 1.96 bits per heavy atom. The number of H-pyrrole nitrogens is 1. The number of ether oxygens (including phenoxy) is 1. The first kappa shape index (κ1) is 17.3. The molecule has 1 aromatic heterocycles. The lowest BCUT2D eigenvalue weighted by Crippen LogP contribution is -2.23. The monoisotopic (exact) mass is 354 g/mol. The average molecular weight is 354 g/mol. The van der Waals surface area contributed by atoms with E-state index in [1.807, 2.05) is 0 Å². The highest BCUT2D eigenvalue weighted by Crippen LogP contribution is 2.18. The van der Waals surface area contributed by atoms with Crippen LogP contribution in [0, 0.1) is 5.82 Å². The molecule has 0 spiro atoms. The molecule has 7 nitrogen and oxygen atoms in total. The Morgan fingerprint density at radius 1 is 1.23 bits per heavy atom. The van der Waals surface area contributed by atoms with Crippen molar-refractivity contribution >= 4 is 22.4 Å². The minimum Gasteiger partial charge on any atom is -0.494 e. The number of hydrogen-bond acceptors (Lipinski definition) is 5. The summed E-state index contributed by atoms with van der Waals surface area (Å²) >= 11 is 0. The highest BCUT2D eigenvalue weighted by molar-refractivity contribution is 6.06. The van der Waals surface area contributed by atoms with Gasteiger partial charge in [-0.05, 0) is 31.2 Å². The zero-order valence-corrected chi connectivity index (χ0v) is 14.0. The van der Waals surface area contributed by atoms with Crippen molar-refractivity contribution < 1.29 is 13.9 Å². The van der Waals surface area contributed by atoms with Gasteiger partial charge in [0.25, 0.3) is 11.5 Å². The first-order chi connectivity index (χ1) is 12.5. The Labute approximate surface area is 147 Å². The van der Waals surface area contributed by atoms with Crippen molar-refractivity contribution in [3.8, 4) is 5.75 Å². The molecular formula is C18H15FN4O3. The van der Waals surface area contributed by atoms with Gasteiger partial charge < -0.3 is 4.74 Å². The Morgan fingerprint density at radius 3 is 2.65 bits per heavy atom. The van der Waals surface area contributed by atoms with Gasteiger partial charge in [-0.25, -0.2) is 14.9 Å². The number of fused-ring (bicyclic) bond motifs is 1. The quantitative estimate of drug-likeness (QED) is 0.555. The summed E-state index contributed by atoms with van der Waals surface area (Å²) in [6.07, 6.45) is 0. The van der Waals surface area contributed by atoms with Gasteiger partial charge in [-0.15, -0.1) is 0 Å². The number of carbonyl (C=O) groups excluding carboxylic acids is 1. The van der Waals surface area contributed by atoms with Crippen molar-refractivity contribution in [1.29, 1.82) is 0 Å². The van der Waals surface area contributed by atoms with Crippen LogP contribution in [-0.2, 0) is 0 Å². The number of hydrazone groups is 1. The number of aromatic amines is 1. The van der Waals surface area contributed by atoms with Crippen LogP contribution in [0.15, 0.2) is 52.4 Å². The highest BCUT2D eigenvalue weighted by Gasteiger charge is 2.14. The van der Waals surface area contributed by atoms with E-state index >= 15 is 0 Å². The molecular weight excluding hydrogens is 339 g/mol. The zero-order valence-electron chi connectivity index (χ0n) is 14.0. The Kier molecular flexibility index (Phi) is 4.74. The van der Waals surface area contributed by atoms with Gasteiger partial charge in [0.2, 0.25) is 0 Å². The zero-order chi connectivity index (χ0) is 18.7. The number of nitrogens with one attached hydrogen (secondary N) is 2. The molecule has 1 amide bonds. The normalized spacial score (nSPS) is 11.4. The molecule has 0 aliphatic heterocycles. The van der Waals surface area contributed by atoms with Crippen LogP contribution in [-0.4, -0.2) is 28.9 Å². The minimum atomic E-state index is -0.592. The average Bonchev–Trinajstić information content (AvgIpc) is 2.66. The van der Waals surface area contributed by atoms with Gasteiger partial charge in [0.05, 0.1) is 18.2 Å². The van der Waals surface area contributed by atoms with Crippen molar-refractivity contribution in [2.75, 3.05) is 7.11 Å². The van der Waals surface area contributed by atoms with Crippen molar-refractivity contribution in [3.63, 3.8) is 0 Å². The van der Waals surface area contributed by atoms with Crippen molar-refractivity contribution in [1.82, 2.24) is 15.6 Å². The Hall–Kier alpha value is -3.55.